The average Bonchev–Trinajstić information content (AvgIpc) is 3.29. The highest BCUT2D eigenvalue weighted by Crippen LogP contribution is 2.30. The normalized spacial score (nSPS) is 24.0. The number of aromatic nitrogens is 2. The van der Waals surface area contributed by atoms with Crippen molar-refractivity contribution in [3.05, 3.63) is 36.0 Å². The van der Waals surface area contributed by atoms with Gasteiger partial charge in [0.05, 0.1) is 18.5 Å². The SMILES string of the molecule is Cl.O=C(C1CC(F)(F)CN1)N1CCCC(c2nc(-c3ccc(F)cc3)no2)C1. The van der Waals surface area contributed by atoms with Crippen LogP contribution in [0, 0.1) is 5.82 Å². The first kappa shape index (κ1) is 20.6. The molecule has 2 atom stereocenters. The molecule has 2 fully saturated rings. The highest BCUT2D eigenvalue weighted by Gasteiger charge is 2.44. The molecule has 2 aliphatic rings. The van der Waals surface area contributed by atoms with Crippen LogP contribution in [0.5, 0.6) is 0 Å². The molecule has 1 amide bonds. The summed E-state index contributed by atoms with van der Waals surface area (Å²) in [7, 11) is 0. The van der Waals surface area contributed by atoms with Crippen LogP contribution in [0.15, 0.2) is 28.8 Å². The zero-order valence-corrected chi connectivity index (χ0v) is 15.7. The fourth-order valence-corrected chi connectivity index (χ4v) is 3.61. The summed E-state index contributed by atoms with van der Waals surface area (Å²) in [5, 5.41) is 6.54. The van der Waals surface area contributed by atoms with Gasteiger partial charge < -0.3 is 9.42 Å². The van der Waals surface area contributed by atoms with Crippen LogP contribution in [0.1, 0.15) is 31.1 Å². The van der Waals surface area contributed by atoms with Crippen molar-refractivity contribution in [2.45, 2.75) is 37.1 Å². The molecule has 1 aromatic carbocycles. The first-order valence-corrected chi connectivity index (χ1v) is 8.91. The number of hydrogen-bond donors (Lipinski definition) is 1. The minimum Gasteiger partial charge on any atom is -0.341 e. The highest BCUT2D eigenvalue weighted by atomic mass is 35.5. The fourth-order valence-electron chi connectivity index (χ4n) is 3.61. The fraction of sp³-hybridized carbons (Fsp3) is 0.500. The zero-order chi connectivity index (χ0) is 19.0. The summed E-state index contributed by atoms with van der Waals surface area (Å²) in [5.74, 6) is -2.90. The van der Waals surface area contributed by atoms with Gasteiger partial charge in [-0.25, -0.2) is 13.2 Å². The molecule has 6 nitrogen and oxygen atoms in total. The van der Waals surface area contributed by atoms with Crippen molar-refractivity contribution < 1.29 is 22.5 Å². The largest absolute Gasteiger partial charge is 0.341 e. The van der Waals surface area contributed by atoms with Gasteiger partial charge in [0.25, 0.3) is 5.92 Å². The number of likely N-dealkylation sites (tertiary alicyclic amines) is 1. The molecule has 1 N–H and O–H groups in total. The molecule has 1 aromatic heterocycles. The molecule has 2 unspecified atom stereocenters. The molecule has 2 aliphatic heterocycles. The topological polar surface area (TPSA) is 71.3 Å². The monoisotopic (exact) mass is 416 g/mol. The number of alkyl halides is 2. The van der Waals surface area contributed by atoms with E-state index in [0.717, 1.165) is 12.8 Å². The van der Waals surface area contributed by atoms with Crippen molar-refractivity contribution >= 4 is 18.3 Å². The number of carbonyl (C=O) groups excluding carboxylic acids is 1. The Morgan fingerprint density at radius 3 is 2.71 bits per heavy atom. The van der Waals surface area contributed by atoms with E-state index in [4.69, 9.17) is 4.52 Å². The third-order valence-electron chi connectivity index (χ3n) is 5.03. The maximum Gasteiger partial charge on any atom is 0.262 e. The minimum absolute atomic E-state index is 0. The molecule has 0 bridgehead atoms. The van der Waals surface area contributed by atoms with E-state index in [9.17, 15) is 18.0 Å². The van der Waals surface area contributed by atoms with Crippen LogP contribution in [0.25, 0.3) is 11.4 Å². The van der Waals surface area contributed by atoms with Crippen LogP contribution < -0.4 is 5.32 Å². The number of rotatable bonds is 3. The number of amides is 1. The second kappa shape index (κ2) is 8.08. The molecule has 0 saturated carbocycles. The standard InChI is InChI=1S/C18H19F3N4O2.ClH/c19-13-5-3-11(4-6-13)15-23-16(27-24-15)12-2-1-7-25(9-12)17(26)14-8-18(20,21)10-22-14;/h3-6,12,14,22H,1-2,7-10H2;1H. The van der Waals surface area contributed by atoms with Gasteiger partial charge in [-0.15, -0.1) is 12.4 Å². The van der Waals surface area contributed by atoms with E-state index in [2.05, 4.69) is 15.5 Å². The maximum atomic E-state index is 13.4. The summed E-state index contributed by atoms with van der Waals surface area (Å²) in [5.41, 5.74) is 0.632. The second-order valence-electron chi connectivity index (χ2n) is 7.08. The molecule has 10 heteroatoms. The lowest BCUT2D eigenvalue weighted by Crippen LogP contribution is -2.47. The molecule has 3 heterocycles. The summed E-state index contributed by atoms with van der Waals surface area (Å²) < 4.78 is 45.1. The number of benzene rings is 1. The molecule has 0 radical (unpaired) electrons. The number of nitrogens with zero attached hydrogens (tertiary/aromatic N) is 3. The van der Waals surface area contributed by atoms with Crippen LogP contribution >= 0.6 is 12.4 Å². The van der Waals surface area contributed by atoms with E-state index < -0.39 is 24.9 Å². The Hall–Kier alpha value is -2.13. The Kier molecular flexibility index (Phi) is 5.95. The van der Waals surface area contributed by atoms with Gasteiger partial charge in [-0.05, 0) is 37.1 Å². The lowest BCUT2D eigenvalue weighted by atomic mass is 9.97. The van der Waals surface area contributed by atoms with E-state index in [0.29, 0.717) is 30.4 Å². The van der Waals surface area contributed by atoms with Crippen LogP contribution in [-0.4, -0.2) is 52.5 Å². The Morgan fingerprint density at radius 2 is 2.04 bits per heavy atom. The third kappa shape index (κ3) is 4.30. The van der Waals surface area contributed by atoms with Gasteiger partial charge in [-0.3, -0.25) is 10.1 Å². The molecular formula is C18H20ClF3N4O2. The summed E-state index contributed by atoms with van der Waals surface area (Å²) in [6.45, 7) is 0.414. The van der Waals surface area contributed by atoms with Gasteiger partial charge in [-0.1, -0.05) is 5.16 Å². The lowest BCUT2D eigenvalue weighted by Gasteiger charge is -2.32. The summed E-state index contributed by atoms with van der Waals surface area (Å²) in [4.78, 5) is 18.5. The third-order valence-corrected chi connectivity index (χ3v) is 5.03. The number of halogens is 4. The predicted molar refractivity (Wildman–Crippen MR) is 96.8 cm³/mol. The average molecular weight is 417 g/mol. The van der Waals surface area contributed by atoms with Crippen LogP contribution in [0.4, 0.5) is 13.2 Å². The van der Waals surface area contributed by atoms with Crippen molar-refractivity contribution in [3.63, 3.8) is 0 Å². The zero-order valence-electron chi connectivity index (χ0n) is 14.9. The van der Waals surface area contributed by atoms with E-state index in [-0.39, 0.29) is 30.0 Å². The molecule has 2 aromatic rings. The molecule has 28 heavy (non-hydrogen) atoms. The smallest absolute Gasteiger partial charge is 0.262 e. The van der Waals surface area contributed by atoms with Crippen LogP contribution in [0.3, 0.4) is 0 Å². The van der Waals surface area contributed by atoms with E-state index in [1.165, 1.54) is 12.1 Å². The first-order valence-electron chi connectivity index (χ1n) is 8.91. The van der Waals surface area contributed by atoms with Crippen LogP contribution in [-0.2, 0) is 4.79 Å². The van der Waals surface area contributed by atoms with E-state index in [1.807, 2.05) is 0 Å². The van der Waals surface area contributed by atoms with E-state index >= 15 is 0 Å². The number of carbonyl (C=O) groups is 1. The van der Waals surface area contributed by atoms with Gasteiger partial charge >= 0.3 is 0 Å². The molecular weight excluding hydrogens is 397 g/mol. The Labute approximate surface area is 165 Å². The number of piperidine rings is 1. The van der Waals surface area contributed by atoms with Crippen LogP contribution in [0.2, 0.25) is 0 Å². The van der Waals surface area contributed by atoms with Crippen molar-refractivity contribution in [1.29, 1.82) is 0 Å². The van der Waals surface area contributed by atoms with Crippen molar-refractivity contribution in [2.75, 3.05) is 19.6 Å². The minimum atomic E-state index is -2.84. The van der Waals surface area contributed by atoms with Gasteiger partial charge in [0.15, 0.2) is 0 Å². The molecule has 0 aliphatic carbocycles. The Balaban J connectivity index is 0.00000225. The number of nitrogens with one attached hydrogen (secondary N) is 1. The molecule has 2 saturated heterocycles. The van der Waals surface area contributed by atoms with E-state index in [1.54, 1.807) is 17.0 Å². The van der Waals surface area contributed by atoms with Gasteiger partial charge in [0.2, 0.25) is 17.6 Å². The number of hydrogen-bond acceptors (Lipinski definition) is 5. The molecule has 0 spiro atoms. The van der Waals surface area contributed by atoms with Gasteiger partial charge in [0.1, 0.15) is 5.82 Å². The maximum absolute atomic E-state index is 13.4. The van der Waals surface area contributed by atoms with Gasteiger partial charge in [-0.2, -0.15) is 4.98 Å². The summed E-state index contributed by atoms with van der Waals surface area (Å²) in [6, 6.07) is 4.91. The Bertz CT molecular complexity index is 830. The summed E-state index contributed by atoms with van der Waals surface area (Å²) in [6.07, 6.45) is 1.03. The first-order chi connectivity index (χ1) is 12.9. The van der Waals surface area contributed by atoms with Crippen molar-refractivity contribution in [1.82, 2.24) is 20.4 Å². The quantitative estimate of drug-likeness (QED) is 0.832. The lowest BCUT2D eigenvalue weighted by molar-refractivity contribution is -0.135. The predicted octanol–water partition coefficient (Wildman–Crippen LogP) is 3.00. The second-order valence-corrected chi connectivity index (χ2v) is 7.08. The van der Waals surface area contributed by atoms with Crippen molar-refractivity contribution in [3.8, 4) is 11.4 Å². The Morgan fingerprint density at radius 1 is 1.29 bits per heavy atom. The van der Waals surface area contributed by atoms with Gasteiger partial charge in [0, 0.05) is 25.1 Å². The highest BCUT2D eigenvalue weighted by molar-refractivity contribution is 5.85. The molecule has 152 valence electrons. The summed E-state index contributed by atoms with van der Waals surface area (Å²) >= 11 is 0. The molecule has 4 rings (SSSR count). The van der Waals surface area contributed by atoms with Crippen molar-refractivity contribution in [2.24, 2.45) is 0 Å².